The maximum atomic E-state index is 12.9. The molecule has 2 N–H and O–H groups in total. The van der Waals surface area contributed by atoms with Gasteiger partial charge in [-0.2, -0.15) is 0 Å². The standard InChI is InChI=1S/C17H15ClN2O3S/c1-10-16(12-5-3-4-6-14(12)20-10)17(21)11-7-8-13(18)15(9-11)24(22,23)19-2/h3-9,19-20H,1-2H3. The summed E-state index contributed by atoms with van der Waals surface area (Å²) < 4.78 is 26.3. The highest BCUT2D eigenvalue weighted by Crippen LogP contribution is 2.27. The number of H-pyrrole nitrogens is 1. The zero-order valence-corrected chi connectivity index (χ0v) is 14.6. The quantitative estimate of drug-likeness (QED) is 0.699. The van der Waals surface area contributed by atoms with Crippen LogP contribution >= 0.6 is 11.6 Å². The summed E-state index contributed by atoms with van der Waals surface area (Å²) in [5.74, 6) is -0.255. The molecule has 0 bridgehead atoms. The molecule has 0 spiro atoms. The number of halogens is 1. The van der Waals surface area contributed by atoms with E-state index in [4.69, 9.17) is 11.6 Å². The van der Waals surface area contributed by atoms with Crippen molar-refractivity contribution in [2.45, 2.75) is 11.8 Å². The Balaban J connectivity index is 2.17. The Labute approximate surface area is 144 Å². The Hall–Kier alpha value is -2.15. The summed E-state index contributed by atoms with van der Waals surface area (Å²) in [5, 5.41) is 0.865. The number of para-hydroxylation sites is 1. The van der Waals surface area contributed by atoms with E-state index in [0.717, 1.165) is 16.6 Å². The smallest absolute Gasteiger partial charge is 0.241 e. The minimum atomic E-state index is -3.75. The fraction of sp³-hybridized carbons (Fsp3) is 0.118. The van der Waals surface area contributed by atoms with Crippen molar-refractivity contribution in [1.82, 2.24) is 9.71 Å². The number of carbonyl (C=O) groups is 1. The number of carbonyl (C=O) groups excluding carboxylic acids is 1. The van der Waals surface area contributed by atoms with Gasteiger partial charge in [0.05, 0.1) is 10.6 Å². The van der Waals surface area contributed by atoms with E-state index in [1.54, 1.807) is 0 Å². The van der Waals surface area contributed by atoms with Crippen LogP contribution in [0.3, 0.4) is 0 Å². The molecule has 3 aromatic rings. The first kappa shape index (κ1) is 16.7. The van der Waals surface area contributed by atoms with Crippen LogP contribution in [0.4, 0.5) is 0 Å². The van der Waals surface area contributed by atoms with Crippen molar-refractivity contribution >= 4 is 38.3 Å². The molecule has 1 aromatic heterocycles. The number of fused-ring (bicyclic) bond motifs is 1. The van der Waals surface area contributed by atoms with E-state index in [0.29, 0.717) is 5.56 Å². The van der Waals surface area contributed by atoms with E-state index in [-0.39, 0.29) is 21.3 Å². The fourth-order valence-electron chi connectivity index (χ4n) is 2.67. The highest BCUT2D eigenvalue weighted by atomic mass is 35.5. The summed E-state index contributed by atoms with van der Waals surface area (Å²) >= 11 is 5.98. The van der Waals surface area contributed by atoms with Gasteiger partial charge in [0.1, 0.15) is 4.90 Å². The Bertz CT molecular complexity index is 1050. The Kier molecular flexibility index (Phi) is 4.21. The molecule has 5 nitrogen and oxygen atoms in total. The molecule has 0 radical (unpaired) electrons. The normalized spacial score (nSPS) is 11.8. The maximum absolute atomic E-state index is 12.9. The molecule has 0 aliphatic rings. The van der Waals surface area contributed by atoms with Gasteiger partial charge in [0, 0.05) is 22.2 Å². The van der Waals surface area contributed by atoms with E-state index in [2.05, 4.69) is 9.71 Å². The van der Waals surface area contributed by atoms with Crippen LogP contribution in [0.15, 0.2) is 47.4 Å². The zero-order chi connectivity index (χ0) is 17.5. The van der Waals surface area contributed by atoms with Crippen molar-refractivity contribution in [3.05, 3.63) is 64.3 Å². The number of aromatic nitrogens is 1. The first-order chi connectivity index (χ1) is 11.3. The largest absolute Gasteiger partial charge is 0.358 e. The van der Waals surface area contributed by atoms with Gasteiger partial charge in [0.2, 0.25) is 10.0 Å². The summed E-state index contributed by atoms with van der Waals surface area (Å²) in [5.41, 5.74) is 2.38. The summed E-state index contributed by atoms with van der Waals surface area (Å²) in [6, 6.07) is 11.7. The lowest BCUT2D eigenvalue weighted by Gasteiger charge is -2.08. The Morgan fingerprint density at radius 3 is 2.58 bits per heavy atom. The molecule has 124 valence electrons. The number of rotatable bonds is 4. The molecule has 0 atom stereocenters. The van der Waals surface area contributed by atoms with E-state index >= 15 is 0 Å². The topological polar surface area (TPSA) is 79.0 Å². The van der Waals surface area contributed by atoms with Gasteiger partial charge in [-0.25, -0.2) is 13.1 Å². The van der Waals surface area contributed by atoms with Gasteiger partial charge >= 0.3 is 0 Å². The lowest BCUT2D eigenvalue weighted by Crippen LogP contribution is -2.19. The Morgan fingerprint density at radius 2 is 1.88 bits per heavy atom. The predicted molar refractivity (Wildman–Crippen MR) is 94.2 cm³/mol. The van der Waals surface area contributed by atoms with Crippen molar-refractivity contribution in [3.63, 3.8) is 0 Å². The number of sulfonamides is 1. The van der Waals surface area contributed by atoms with Gasteiger partial charge in [0.25, 0.3) is 0 Å². The molecule has 0 unspecified atom stereocenters. The monoisotopic (exact) mass is 362 g/mol. The maximum Gasteiger partial charge on any atom is 0.241 e. The molecule has 2 aromatic carbocycles. The van der Waals surface area contributed by atoms with Crippen LogP contribution in [-0.4, -0.2) is 26.2 Å². The van der Waals surface area contributed by atoms with Gasteiger partial charge in [-0.05, 0) is 38.2 Å². The van der Waals surface area contributed by atoms with Crippen LogP contribution < -0.4 is 4.72 Å². The minimum absolute atomic E-state index is 0.0662. The van der Waals surface area contributed by atoms with Crippen LogP contribution in [-0.2, 0) is 10.0 Å². The average Bonchev–Trinajstić information content (AvgIpc) is 2.90. The third kappa shape index (κ3) is 2.73. The van der Waals surface area contributed by atoms with Crippen LogP contribution in [0.2, 0.25) is 5.02 Å². The second-order valence-electron chi connectivity index (χ2n) is 5.35. The van der Waals surface area contributed by atoms with Crippen LogP contribution in [0.5, 0.6) is 0 Å². The molecule has 0 aliphatic carbocycles. The lowest BCUT2D eigenvalue weighted by atomic mass is 10.0. The van der Waals surface area contributed by atoms with Crippen LogP contribution in [0.25, 0.3) is 10.9 Å². The minimum Gasteiger partial charge on any atom is -0.358 e. The molecule has 0 fully saturated rings. The average molecular weight is 363 g/mol. The highest BCUT2D eigenvalue weighted by Gasteiger charge is 2.22. The molecule has 0 saturated heterocycles. The van der Waals surface area contributed by atoms with Crippen molar-refractivity contribution < 1.29 is 13.2 Å². The molecule has 3 rings (SSSR count). The second kappa shape index (κ2) is 6.05. The predicted octanol–water partition coefficient (Wildman–Crippen LogP) is 3.27. The van der Waals surface area contributed by atoms with E-state index in [1.807, 2.05) is 31.2 Å². The first-order valence-corrected chi connectivity index (χ1v) is 9.06. The molecule has 1 heterocycles. The number of ketones is 1. The summed E-state index contributed by atoms with van der Waals surface area (Å²) in [4.78, 5) is 16.0. The molecule has 0 saturated carbocycles. The van der Waals surface area contributed by atoms with Crippen molar-refractivity contribution in [2.75, 3.05) is 7.05 Å². The van der Waals surface area contributed by atoms with Gasteiger partial charge < -0.3 is 4.98 Å². The molecular formula is C17H15ClN2O3S. The lowest BCUT2D eigenvalue weighted by molar-refractivity contribution is 0.103. The van der Waals surface area contributed by atoms with Crippen LogP contribution in [0, 0.1) is 6.92 Å². The SMILES string of the molecule is CNS(=O)(=O)c1cc(C(=O)c2c(C)[nH]c3ccccc23)ccc1Cl. The van der Waals surface area contributed by atoms with Gasteiger partial charge in [-0.1, -0.05) is 29.8 Å². The number of aromatic amines is 1. The molecule has 24 heavy (non-hydrogen) atoms. The number of hydrogen-bond donors (Lipinski definition) is 2. The van der Waals surface area contributed by atoms with E-state index in [1.165, 1.54) is 25.2 Å². The molecule has 7 heteroatoms. The van der Waals surface area contributed by atoms with Crippen molar-refractivity contribution in [2.24, 2.45) is 0 Å². The van der Waals surface area contributed by atoms with Crippen LogP contribution in [0.1, 0.15) is 21.6 Å². The molecule has 0 amide bonds. The number of hydrogen-bond acceptors (Lipinski definition) is 3. The molecular weight excluding hydrogens is 348 g/mol. The van der Waals surface area contributed by atoms with Crippen molar-refractivity contribution in [3.8, 4) is 0 Å². The second-order valence-corrected chi connectivity index (χ2v) is 7.61. The first-order valence-electron chi connectivity index (χ1n) is 7.20. The number of nitrogens with one attached hydrogen (secondary N) is 2. The van der Waals surface area contributed by atoms with Gasteiger partial charge in [-0.3, -0.25) is 4.79 Å². The fourth-order valence-corrected chi connectivity index (χ4v) is 3.92. The number of aryl methyl sites for hydroxylation is 1. The van der Waals surface area contributed by atoms with Crippen molar-refractivity contribution in [1.29, 1.82) is 0 Å². The van der Waals surface area contributed by atoms with E-state index in [9.17, 15) is 13.2 Å². The Morgan fingerprint density at radius 1 is 1.17 bits per heavy atom. The summed E-state index contributed by atoms with van der Waals surface area (Å²) in [6.45, 7) is 1.81. The molecule has 0 aliphatic heterocycles. The highest BCUT2D eigenvalue weighted by molar-refractivity contribution is 7.89. The summed E-state index contributed by atoms with van der Waals surface area (Å²) in [6.07, 6.45) is 0. The zero-order valence-electron chi connectivity index (χ0n) is 13.1. The van der Waals surface area contributed by atoms with Gasteiger partial charge in [-0.15, -0.1) is 0 Å². The van der Waals surface area contributed by atoms with E-state index < -0.39 is 10.0 Å². The third-order valence-corrected chi connectivity index (χ3v) is 5.77. The third-order valence-electron chi connectivity index (χ3n) is 3.87. The van der Waals surface area contributed by atoms with Gasteiger partial charge in [0.15, 0.2) is 5.78 Å². The number of benzene rings is 2. The summed E-state index contributed by atoms with van der Waals surface area (Å²) in [7, 11) is -2.45.